The quantitative estimate of drug-likeness (QED) is 0.847. The maximum absolute atomic E-state index is 12.9. The zero-order valence-electron chi connectivity index (χ0n) is 11.8. The van der Waals surface area contributed by atoms with E-state index in [2.05, 4.69) is 0 Å². The minimum atomic E-state index is -3.66. The van der Waals surface area contributed by atoms with Crippen LogP contribution in [-0.2, 0) is 14.8 Å². The third-order valence-corrected chi connectivity index (χ3v) is 5.96. The number of nitrogens with two attached hydrogens (primary N) is 1. The second-order valence-corrected chi connectivity index (χ2v) is 7.83. The van der Waals surface area contributed by atoms with E-state index in [1.165, 1.54) is 10.4 Å². The highest BCUT2D eigenvalue weighted by molar-refractivity contribution is 7.89. The second-order valence-electron chi connectivity index (χ2n) is 5.56. The average molecular weight is 319 g/mol. The molecule has 1 aromatic rings. The maximum atomic E-state index is 12.9. The van der Waals surface area contributed by atoms with Gasteiger partial charge in [0.15, 0.2) is 0 Å². The predicted octanol–water partition coefficient (Wildman–Crippen LogP) is 2.03. The van der Waals surface area contributed by atoms with E-state index in [4.69, 9.17) is 22.1 Å². The van der Waals surface area contributed by atoms with Gasteiger partial charge in [-0.25, -0.2) is 8.42 Å². The van der Waals surface area contributed by atoms with E-state index in [-0.39, 0.29) is 4.90 Å². The molecule has 0 amide bonds. The summed E-state index contributed by atoms with van der Waals surface area (Å²) in [6, 6.07) is 3.01. The lowest BCUT2D eigenvalue weighted by Crippen LogP contribution is -2.55. The normalized spacial score (nSPS) is 20.0. The van der Waals surface area contributed by atoms with Gasteiger partial charge in [-0.1, -0.05) is 11.6 Å². The summed E-state index contributed by atoms with van der Waals surface area (Å²) in [5, 5.41) is 0.317. The van der Waals surface area contributed by atoms with Gasteiger partial charge in [0.05, 0.1) is 23.6 Å². The lowest BCUT2D eigenvalue weighted by atomic mass is 10.1. The standard InChI is InChI=1S/C13H19ClN2O3S/c1-9-11(15)6-10(14)7-12(9)20(17,18)16-4-5-19-8-13(16,2)3/h6-7H,4-5,8,15H2,1-3H3. The van der Waals surface area contributed by atoms with Gasteiger partial charge in [-0.05, 0) is 38.5 Å². The SMILES string of the molecule is Cc1c(N)cc(Cl)cc1S(=O)(=O)N1CCOCC1(C)C. The van der Waals surface area contributed by atoms with Gasteiger partial charge in [-0.3, -0.25) is 0 Å². The first-order valence-electron chi connectivity index (χ1n) is 6.32. The number of morpholine rings is 1. The van der Waals surface area contributed by atoms with Crippen LogP contribution in [0.15, 0.2) is 17.0 Å². The molecule has 0 radical (unpaired) electrons. The molecule has 0 aliphatic carbocycles. The molecule has 1 aliphatic rings. The first kappa shape index (κ1) is 15.6. The van der Waals surface area contributed by atoms with E-state index in [9.17, 15) is 8.42 Å². The summed E-state index contributed by atoms with van der Waals surface area (Å²) in [5.74, 6) is 0. The van der Waals surface area contributed by atoms with Crippen molar-refractivity contribution in [2.75, 3.05) is 25.5 Å². The smallest absolute Gasteiger partial charge is 0.244 e. The molecule has 5 nitrogen and oxygen atoms in total. The van der Waals surface area contributed by atoms with Crippen LogP contribution in [0, 0.1) is 6.92 Å². The zero-order valence-corrected chi connectivity index (χ0v) is 13.4. The molecule has 7 heteroatoms. The molecule has 1 heterocycles. The number of ether oxygens (including phenoxy) is 1. The van der Waals surface area contributed by atoms with Gasteiger partial charge in [0.2, 0.25) is 10.0 Å². The van der Waals surface area contributed by atoms with Gasteiger partial charge in [-0.15, -0.1) is 0 Å². The van der Waals surface area contributed by atoms with Crippen molar-refractivity contribution in [2.24, 2.45) is 0 Å². The Morgan fingerprint density at radius 3 is 2.65 bits per heavy atom. The number of hydrogen-bond donors (Lipinski definition) is 1. The van der Waals surface area contributed by atoms with Crippen molar-refractivity contribution in [1.82, 2.24) is 4.31 Å². The van der Waals surface area contributed by atoms with Crippen LogP contribution in [0.1, 0.15) is 19.4 Å². The largest absolute Gasteiger partial charge is 0.398 e. The van der Waals surface area contributed by atoms with E-state index in [1.54, 1.807) is 13.0 Å². The minimum Gasteiger partial charge on any atom is -0.398 e. The molecular weight excluding hydrogens is 300 g/mol. The van der Waals surface area contributed by atoms with Crippen molar-refractivity contribution in [3.05, 3.63) is 22.7 Å². The van der Waals surface area contributed by atoms with Crippen LogP contribution in [0.25, 0.3) is 0 Å². The Bertz CT molecular complexity index is 629. The van der Waals surface area contributed by atoms with E-state index < -0.39 is 15.6 Å². The monoisotopic (exact) mass is 318 g/mol. The third kappa shape index (κ3) is 2.65. The highest BCUT2D eigenvalue weighted by Crippen LogP contribution is 2.32. The molecule has 20 heavy (non-hydrogen) atoms. The highest BCUT2D eigenvalue weighted by Gasteiger charge is 2.40. The predicted molar refractivity (Wildman–Crippen MR) is 79.4 cm³/mol. The van der Waals surface area contributed by atoms with Crippen LogP contribution in [0.4, 0.5) is 5.69 Å². The number of sulfonamides is 1. The van der Waals surface area contributed by atoms with Gasteiger partial charge >= 0.3 is 0 Å². The summed E-state index contributed by atoms with van der Waals surface area (Å²) in [7, 11) is -3.66. The Hall–Kier alpha value is -0.820. The van der Waals surface area contributed by atoms with Crippen molar-refractivity contribution in [3.63, 3.8) is 0 Å². The molecule has 0 saturated carbocycles. The van der Waals surface area contributed by atoms with Gasteiger partial charge in [0.1, 0.15) is 0 Å². The average Bonchev–Trinajstić information content (AvgIpc) is 2.32. The molecular formula is C13H19ClN2O3S. The summed E-state index contributed by atoms with van der Waals surface area (Å²) in [4.78, 5) is 0.164. The van der Waals surface area contributed by atoms with Crippen LogP contribution < -0.4 is 5.73 Å². The summed E-state index contributed by atoms with van der Waals surface area (Å²) in [6.45, 7) is 6.44. The molecule has 0 atom stereocenters. The van der Waals surface area contributed by atoms with Crippen molar-refractivity contribution < 1.29 is 13.2 Å². The Morgan fingerprint density at radius 2 is 2.05 bits per heavy atom. The lowest BCUT2D eigenvalue weighted by molar-refractivity contribution is -0.00772. The molecule has 2 rings (SSSR count). The summed E-state index contributed by atoms with van der Waals surface area (Å²) < 4.78 is 32.6. The number of halogens is 1. The number of anilines is 1. The van der Waals surface area contributed by atoms with Gasteiger partial charge in [-0.2, -0.15) is 4.31 Å². The molecule has 0 bridgehead atoms. The third-order valence-electron chi connectivity index (χ3n) is 3.50. The van der Waals surface area contributed by atoms with Gasteiger partial charge in [0, 0.05) is 17.3 Å². The number of nitrogen functional groups attached to an aromatic ring is 1. The van der Waals surface area contributed by atoms with Crippen LogP contribution in [0.2, 0.25) is 5.02 Å². The summed E-state index contributed by atoms with van der Waals surface area (Å²) in [5.41, 5.74) is 6.13. The summed E-state index contributed by atoms with van der Waals surface area (Å²) >= 11 is 5.95. The fourth-order valence-corrected chi connectivity index (χ4v) is 4.68. The van der Waals surface area contributed by atoms with E-state index in [0.29, 0.717) is 36.0 Å². The Labute approximate surface area is 124 Å². The zero-order chi connectivity index (χ0) is 15.1. The Morgan fingerprint density at radius 1 is 1.40 bits per heavy atom. The fourth-order valence-electron chi connectivity index (χ4n) is 2.35. The van der Waals surface area contributed by atoms with Crippen LogP contribution in [0.3, 0.4) is 0 Å². The molecule has 0 unspecified atom stereocenters. The topological polar surface area (TPSA) is 72.6 Å². The van der Waals surface area contributed by atoms with Crippen LogP contribution in [-0.4, -0.2) is 38.0 Å². The van der Waals surface area contributed by atoms with Crippen molar-refractivity contribution in [1.29, 1.82) is 0 Å². The Kier molecular flexibility index (Phi) is 4.03. The lowest BCUT2D eigenvalue weighted by Gasteiger charge is -2.41. The number of nitrogens with zero attached hydrogens (tertiary/aromatic N) is 1. The molecule has 0 spiro atoms. The van der Waals surface area contributed by atoms with Gasteiger partial charge in [0.25, 0.3) is 0 Å². The van der Waals surface area contributed by atoms with Crippen LogP contribution in [0.5, 0.6) is 0 Å². The number of rotatable bonds is 2. The molecule has 0 aromatic heterocycles. The molecule has 2 N–H and O–H groups in total. The summed E-state index contributed by atoms with van der Waals surface area (Å²) in [6.07, 6.45) is 0. The number of benzene rings is 1. The van der Waals surface area contributed by atoms with Crippen LogP contribution >= 0.6 is 11.6 Å². The maximum Gasteiger partial charge on any atom is 0.244 e. The Balaban J connectivity index is 2.56. The minimum absolute atomic E-state index is 0.164. The molecule has 112 valence electrons. The molecule has 1 aromatic carbocycles. The van der Waals surface area contributed by atoms with Gasteiger partial charge < -0.3 is 10.5 Å². The molecule has 1 fully saturated rings. The fraction of sp³-hybridized carbons (Fsp3) is 0.538. The van der Waals surface area contributed by atoms with E-state index in [1.807, 2.05) is 13.8 Å². The molecule has 1 aliphatic heterocycles. The van der Waals surface area contributed by atoms with Crippen molar-refractivity contribution >= 4 is 27.3 Å². The number of hydrogen-bond acceptors (Lipinski definition) is 4. The second kappa shape index (κ2) is 5.18. The first-order chi connectivity index (χ1) is 9.16. The van der Waals surface area contributed by atoms with E-state index in [0.717, 1.165) is 0 Å². The molecule has 1 saturated heterocycles. The highest BCUT2D eigenvalue weighted by atomic mass is 35.5. The van der Waals surface area contributed by atoms with Crippen molar-refractivity contribution in [3.8, 4) is 0 Å². The van der Waals surface area contributed by atoms with E-state index >= 15 is 0 Å². The van der Waals surface area contributed by atoms with Crippen molar-refractivity contribution in [2.45, 2.75) is 31.2 Å². The first-order valence-corrected chi connectivity index (χ1v) is 8.14.